The molecule has 98 valence electrons. The van der Waals surface area contributed by atoms with Crippen LogP contribution in [0.2, 0.25) is 5.02 Å². The second-order valence-electron chi connectivity index (χ2n) is 3.74. The third-order valence-electron chi connectivity index (χ3n) is 2.49. The van der Waals surface area contributed by atoms with Crippen LogP contribution in [0.1, 0.15) is 5.56 Å². The van der Waals surface area contributed by atoms with Crippen LogP contribution in [0.5, 0.6) is 5.75 Å². The quantitative estimate of drug-likeness (QED) is 0.441. The summed E-state index contributed by atoms with van der Waals surface area (Å²) in [4.78, 5) is 10.5. The predicted octanol–water partition coefficient (Wildman–Crippen LogP) is 4.43. The van der Waals surface area contributed by atoms with Crippen LogP contribution in [-0.2, 0) is 6.61 Å². The van der Waals surface area contributed by atoms with Crippen LogP contribution in [0, 0.1) is 13.7 Å². The second-order valence-corrected chi connectivity index (χ2v) is 5.39. The van der Waals surface area contributed by atoms with E-state index in [1.165, 1.54) is 6.07 Å². The topological polar surface area (TPSA) is 52.4 Å². The Bertz CT molecular complexity index is 601. The summed E-state index contributed by atoms with van der Waals surface area (Å²) < 4.78 is 6.62. The highest BCUT2D eigenvalue weighted by Gasteiger charge is 2.16. The van der Waals surface area contributed by atoms with Crippen molar-refractivity contribution in [2.24, 2.45) is 0 Å². The minimum atomic E-state index is -0.460. The average Bonchev–Trinajstić information content (AvgIpc) is 2.39. The van der Waals surface area contributed by atoms with Gasteiger partial charge in [0, 0.05) is 9.64 Å². The Morgan fingerprint density at radius 2 is 1.89 bits per heavy atom. The van der Waals surface area contributed by atoms with Crippen molar-refractivity contribution in [2.75, 3.05) is 0 Å². The van der Waals surface area contributed by atoms with E-state index in [2.05, 4.69) is 22.6 Å². The molecule has 0 spiro atoms. The first kappa shape index (κ1) is 14.1. The van der Waals surface area contributed by atoms with Crippen molar-refractivity contribution in [1.29, 1.82) is 0 Å². The van der Waals surface area contributed by atoms with E-state index in [0.717, 1.165) is 3.57 Å². The van der Waals surface area contributed by atoms with Crippen molar-refractivity contribution in [1.82, 2.24) is 0 Å². The molecule has 2 aromatic carbocycles. The third kappa shape index (κ3) is 3.57. The van der Waals surface area contributed by atoms with Crippen LogP contribution >= 0.6 is 34.2 Å². The van der Waals surface area contributed by atoms with E-state index in [1.807, 2.05) is 24.3 Å². The highest BCUT2D eigenvalue weighted by molar-refractivity contribution is 14.1. The van der Waals surface area contributed by atoms with E-state index in [1.54, 1.807) is 12.1 Å². The first-order valence-corrected chi connectivity index (χ1v) is 6.84. The van der Waals surface area contributed by atoms with Gasteiger partial charge >= 0.3 is 0 Å². The monoisotopic (exact) mass is 389 g/mol. The number of hydrogen-bond acceptors (Lipinski definition) is 3. The molecule has 19 heavy (non-hydrogen) atoms. The van der Waals surface area contributed by atoms with E-state index in [9.17, 15) is 10.1 Å². The summed E-state index contributed by atoms with van der Waals surface area (Å²) in [5.74, 6) is 0.648. The van der Waals surface area contributed by atoms with Crippen molar-refractivity contribution in [3.63, 3.8) is 0 Å². The fourth-order valence-corrected chi connectivity index (χ4v) is 2.13. The first-order valence-electron chi connectivity index (χ1n) is 5.38. The van der Waals surface area contributed by atoms with Gasteiger partial charge in [-0.1, -0.05) is 17.7 Å². The summed E-state index contributed by atoms with van der Waals surface area (Å²) in [6.07, 6.45) is 0. The van der Waals surface area contributed by atoms with Gasteiger partial charge in [-0.15, -0.1) is 0 Å². The van der Waals surface area contributed by atoms with Gasteiger partial charge in [-0.2, -0.15) is 0 Å². The molecule has 0 atom stereocenters. The Kier molecular flexibility index (Phi) is 4.60. The van der Waals surface area contributed by atoms with Gasteiger partial charge in [0.25, 0.3) is 5.69 Å². The molecule has 0 aliphatic rings. The molecular weight excluding hydrogens is 381 g/mol. The van der Waals surface area contributed by atoms with Crippen LogP contribution in [0.3, 0.4) is 0 Å². The van der Waals surface area contributed by atoms with E-state index in [0.29, 0.717) is 16.3 Å². The largest absolute Gasteiger partial charge is 0.489 e. The molecule has 0 amide bonds. The molecule has 0 saturated carbocycles. The van der Waals surface area contributed by atoms with Crippen molar-refractivity contribution < 1.29 is 9.66 Å². The molecule has 0 heterocycles. The molecule has 4 nitrogen and oxygen atoms in total. The van der Waals surface area contributed by atoms with E-state index < -0.39 is 4.92 Å². The molecule has 0 N–H and O–H groups in total. The van der Waals surface area contributed by atoms with Gasteiger partial charge in [-0.05, 0) is 52.9 Å². The smallest absolute Gasteiger partial charge is 0.277 e. The van der Waals surface area contributed by atoms with E-state index in [-0.39, 0.29) is 12.3 Å². The van der Waals surface area contributed by atoms with Gasteiger partial charge in [0.1, 0.15) is 12.4 Å². The van der Waals surface area contributed by atoms with Gasteiger partial charge in [0.05, 0.1) is 15.5 Å². The highest BCUT2D eigenvalue weighted by atomic mass is 127. The number of nitro benzene ring substituents is 1. The molecular formula is C13H9ClINO3. The van der Waals surface area contributed by atoms with Crippen LogP contribution in [0.25, 0.3) is 0 Å². The lowest BCUT2D eigenvalue weighted by Gasteiger charge is -2.08. The summed E-state index contributed by atoms with van der Waals surface area (Å²) >= 11 is 8.17. The van der Waals surface area contributed by atoms with Crippen LogP contribution in [-0.4, -0.2) is 4.92 Å². The first-order chi connectivity index (χ1) is 9.08. The zero-order valence-corrected chi connectivity index (χ0v) is 12.6. The maximum Gasteiger partial charge on any atom is 0.277 e. The average molecular weight is 390 g/mol. The SMILES string of the molecule is O=[N+]([O-])c1cccc(Cl)c1COc1ccc(I)cc1. The number of ether oxygens (including phenoxy) is 1. The fourth-order valence-electron chi connectivity index (χ4n) is 1.55. The van der Waals surface area contributed by atoms with Crippen LogP contribution in [0.15, 0.2) is 42.5 Å². The normalized spacial score (nSPS) is 10.2. The number of hydrogen-bond donors (Lipinski definition) is 0. The Labute approximate surface area is 128 Å². The molecule has 0 saturated heterocycles. The zero-order valence-electron chi connectivity index (χ0n) is 9.68. The summed E-state index contributed by atoms with van der Waals surface area (Å²) in [5.41, 5.74) is 0.353. The second kappa shape index (κ2) is 6.21. The Morgan fingerprint density at radius 3 is 2.53 bits per heavy atom. The molecule has 0 aliphatic heterocycles. The fraction of sp³-hybridized carbons (Fsp3) is 0.0769. The maximum absolute atomic E-state index is 10.9. The van der Waals surface area contributed by atoms with Crippen molar-refractivity contribution in [2.45, 2.75) is 6.61 Å². The van der Waals surface area contributed by atoms with Crippen LogP contribution < -0.4 is 4.74 Å². The number of rotatable bonds is 4. The number of nitrogens with zero attached hydrogens (tertiary/aromatic N) is 1. The number of halogens is 2. The molecule has 2 aromatic rings. The lowest BCUT2D eigenvalue weighted by atomic mass is 10.2. The molecule has 0 aromatic heterocycles. The highest BCUT2D eigenvalue weighted by Crippen LogP contribution is 2.27. The molecule has 2 rings (SSSR count). The lowest BCUT2D eigenvalue weighted by Crippen LogP contribution is -2.01. The summed E-state index contributed by atoms with van der Waals surface area (Å²) in [6.45, 7) is 0.0661. The van der Waals surface area contributed by atoms with E-state index in [4.69, 9.17) is 16.3 Å². The standard InChI is InChI=1S/C13H9ClINO3/c14-12-2-1-3-13(16(17)18)11(12)8-19-10-6-4-9(15)5-7-10/h1-7H,8H2. The summed E-state index contributed by atoms with van der Waals surface area (Å²) in [7, 11) is 0. The Balaban J connectivity index is 2.19. The minimum absolute atomic E-state index is 0.0296. The minimum Gasteiger partial charge on any atom is -0.489 e. The van der Waals surface area contributed by atoms with Crippen molar-refractivity contribution in [3.8, 4) is 5.75 Å². The molecule has 0 radical (unpaired) electrons. The summed E-state index contributed by atoms with van der Waals surface area (Å²) in [5, 5.41) is 11.3. The Morgan fingerprint density at radius 1 is 1.21 bits per heavy atom. The van der Waals surface area contributed by atoms with E-state index >= 15 is 0 Å². The lowest BCUT2D eigenvalue weighted by molar-refractivity contribution is -0.385. The molecule has 0 unspecified atom stereocenters. The van der Waals surface area contributed by atoms with Gasteiger partial charge in [0.2, 0.25) is 0 Å². The van der Waals surface area contributed by atoms with Crippen molar-refractivity contribution in [3.05, 3.63) is 66.7 Å². The van der Waals surface area contributed by atoms with Gasteiger partial charge < -0.3 is 4.74 Å². The van der Waals surface area contributed by atoms with Gasteiger partial charge in [-0.25, -0.2) is 0 Å². The van der Waals surface area contributed by atoms with Gasteiger partial charge in [-0.3, -0.25) is 10.1 Å². The molecule has 0 fully saturated rings. The van der Waals surface area contributed by atoms with Gasteiger partial charge in [0.15, 0.2) is 0 Å². The predicted molar refractivity (Wildman–Crippen MR) is 81.6 cm³/mol. The summed E-state index contributed by atoms with van der Waals surface area (Å²) in [6, 6.07) is 12.0. The maximum atomic E-state index is 10.9. The van der Waals surface area contributed by atoms with Crippen molar-refractivity contribution >= 4 is 39.9 Å². The molecule has 0 aliphatic carbocycles. The molecule has 6 heteroatoms. The zero-order chi connectivity index (χ0) is 13.8. The third-order valence-corrected chi connectivity index (χ3v) is 3.56. The number of nitro groups is 1. The molecule has 0 bridgehead atoms. The van der Waals surface area contributed by atoms with Crippen LogP contribution in [0.4, 0.5) is 5.69 Å². The Hall–Kier alpha value is -1.34. The number of benzene rings is 2.